The highest BCUT2D eigenvalue weighted by atomic mass is 79.9. The van der Waals surface area contributed by atoms with Gasteiger partial charge in [0.2, 0.25) is 0 Å². The highest BCUT2D eigenvalue weighted by Gasteiger charge is 2.21. The Morgan fingerprint density at radius 3 is 2.88 bits per heavy atom. The van der Waals surface area contributed by atoms with E-state index in [4.69, 9.17) is 9.15 Å². The molecule has 4 heteroatoms. The number of nitrogens with zero attached hydrogens (tertiary/aromatic N) is 1. The van der Waals surface area contributed by atoms with Crippen molar-refractivity contribution in [2.24, 2.45) is 0 Å². The second kappa shape index (κ2) is 4.18. The molecular weight excluding hydrogens is 270 g/mol. The van der Waals surface area contributed by atoms with Gasteiger partial charge in [0.25, 0.3) is 0 Å². The molecule has 0 aliphatic carbocycles. The number of benzene rings is 1. The molecule has 1 aliphatic heterocycles. The van der Waals surface area contributed by atoms with Gasteiger partial charge in [0.05, 0.1) is 0 Å². The summed E-state index contributed by atoms with van der Waals surface area (Å²) in [5.74, 6) is 1.27. The Morgan fingerprint density at radius 1 is 1.25 bits per heavy atom. The Morgan fingerprint density at radius 2 is 2.06 bits per heavy atom. The fraction of sp³-hybridized carbons (Fsp3) is 0.417. The van der Waals surface area contributed by atoms with Gasteiger partial charge < -0.3 is 9.15 Å². The summed E-state index contributed by atoms with van der Waals surface area (Å²) < 4.78 is 12.1. The van der Waals surface area contributed by atoms with Gasteiger partial charge in [-0.05, 0) is 31.0 Å². The summed E-state index contributed by atoms with van der Waals surface area (Å²) in [6.45, 7) is 1.63. The first-order chi connectivity index (χ1) is 7.83. The van der Waals surface area contributed by atoms with Gasteiger partial charge in [-0.25, -0.2) is 4.98 Å². The van der Waals surface area contributed by atoms with E-state index in [9.17, 15) is 0 Å². The summed E-state index contributed by atoms with van der Waals surface area (Å²) in [4.78, 5) is 4.54. The molecule has 16 heavy (non-hydrogen) atoms. The van der Waals surface area contributed by atoms with Crippen LogP contribution in [0.4, 0.5) is 0 Å². The third kappa shape index (κ3) is 1.87. The predicted molar refractivity (Wildman–Crippen MR) is 64.5 cm³/mol. The summed E-state index contributed by atoms with van der Waals surface area (Å²) >= 11 is 3.44. The molecule has 0 amide bonds. The van der Waals surface area contributed by atoms with Crippen molar-refractivity contribution < 1.29 is 9.15 Å². The highest BCUT2D eigenvalue weighted by molar-refractivity contribution is 9.10. The fourth-order valence-electron chi connectivity index (χ4n) is 2.04. The molecule has 1 aromatic heterocycles. The lowest BCUT2D eigenvalue weighted by atomic mass is 10.0. The van der Waals surface area contributed by atoms with Crippen molar-refractivity contribution >= 4 is 27.0 Å². The second-order valence-electron chi connectivity index (χ2n) is 4.05. The van der Waals surface area contributed by atoms with Crippen molar-refractivity contribution in [1.82, 2.24) is 4.98 Å². The van der Waals surface area contributed by atoms with Crippen LogP contribution in [0.5, 0.6) is 0 Å². The number of hydrogen-bond donors (Lipinski definition) is 0. The molecule has 1 aromatic carbocycles. The number of halogens is 1. The minimum Gasteiger partial charge on any atom is -0.440 e. The molecule has 1 aliphatic rings. The first-order valence-electron chi connectivity index (χ1n) is 5.46. The first-order valence-corrected chi connectivity index (χ1v) is 6.26. The van der Waals surface area contributed by atoms with Crippen LogP contribution in [-0.4, -0.2) is 18.2 Å². The Bertz CT molecular complexity index is 503. The van der Waals surface area contributed by atoms with Gasteiger partial charge in [0.1, 0.15) is 5.52 Å². The standard InChI is InChI=1S/C12H12BrNO2/c13-9-1-2-11-10(7-9)14-12(16-11)8-3-5-15-6-4-8/h1-2,7-8H,3-6H2. The van der Waals surface area contributed by atoms with E-state index in [2.05, 4.69) is 20.9 Å². The summed E-state index contributed by atoms with van der Waals surface area (Å²) in [6, 6.07) is 5.91. The van der Waals surface area contributed by atoms with Gasteiger partial charge in [0, 0.05) is 23.6 Å². The summed E-state index contributed by atoms with van der Waals surface area (Å²) in [6.07, 6.45) is 2.02. The molecule has 3 rings (SSSR count). The third-order valence-electron chi connectivity index (χ3n) is 2.94. The Balaban J connectivity index is 1.97. The zero-order chi connectivity index (χ0) is 11.0. The number of rotatable bonds is 1. The molecule has 2 aromatic rings. The van der Waals surface area contributed by atoms with Crippen LogP contribution in [0.15, 0.2) is 27.1 Å². The normalized spacial score (nSPS) is 18.1. The van der Waals surface area contributed by atoms with Crippen molar-refractivity contribution in [1.29, 1.82) is 0 Å². The van der Waals surface area contributed by atoms with E-state index < -0.39 is 0 Å². The van der Waals surface area contributed by atoms with Crippen LogP contribution in [0.25, 0.3) is 11.1 Å². The minimum atomic E-state index is 0.417. The minimum absolute atomic E-state index is 0.417. The molecule has 0 spiro atoms. The number of hydrogen-bond acceptors (Lipinski definition) is 3. The van der Waals surface area contributed by atoms with E-state index >= 15 is 0 Å². The average Bonchev–Trinajstić information content (AvgIpc) is 2.73. The lowest BCUT2D eigenvalue weighted by Crippen LogP contribution is -2.14. The molecule has 84 valence electrons. The smallest absolute Gasteiger partial charge is 0.198 e. The molecule has 3 nitrogen and oxygen atoms in total. The number of fused-ring (bicyclic) bond motifs is 1. The van der Waals surface area contributed by atoms with E-state index in [1.807, 2.05) is 18.2 Å². The van der Waals surface area contributed by atoms with Crippen molar-refractivity contribution in [3.8, 4) is 0 Å². The summed E-state index contributed by atoms with van der Waals surface area (Å²) in [5, 5.41) is 0. The summed E-state index contributed by atoms with van der Waals surface area (Å²) in [7, 11) is 0. The van der Waals surface area contributed by atoms with Crippen LogP contribution in [-0.2, 0) is 4.74 Å². The maximum absolute atomic E-state index is 5.78. The van der Waals surface area contributed by atoms with Gasteiger partial charge in [-0.2, -0.15) is 0 Å². The van der Waals surface area contributed by atoms with E-state index in [1.165, 1.54) is 0 Å². The van der Waals surface area contributed by atoms with Gasteiger partial charge in [-0.1, -0.05) is 15.9 Å². The highest BCUT2D eigenvalue weighted by Crippen LogP contribution is 2.29. The molecule has 1 saturated heterocycles. The first kappa shape index (κ1) is 10.3. The van der Waals surface area contributed by atoms with Crippen LogP contribution in [0.2, 0.25) is 0 Å². The zero-order valence-electron chi connectivity index (χ0n) is 8.78. The van der Waals surface area contributed by atoms with Crippen molar-refractivity contribution in [3.63, 3.8) is 0 Å². The van der Waals surface area contributed by atoms with Gasteiger partial charge in [-0.15, -0.1) is 0 Å². The third-order valence-corrected chi connectivity index (χ3v) is 3.43. The molecule has 1 fully saturated rings. The molecule has 0 saturated carbocycles. The topological polar surface area (TPSA) is 35.3 Å². The quantitative estimate of drug-likeness (QED) is 0.803. The van der Waals surface area contributed by atoms with Crippen LogP contribution in [0.3, 0.4) is 0 Å². The maximum atomic E-state index is 5.78. The van der Waals surface area contributed by atoms with Crippen LogP contribution < -0.4 is 0 Å². The molecule has 0 atom stereocenters. The van der Waals surface area contributed by atoms with Crippen molar-refractivity contribution in [2.75, 3.05) is 13.2 Å². The predicted octanol–water partition coefficient (Wildman–Crippen LogP) is 3.48. The van der Waals surface area contributed by atoms with Crippen LogP contribution >= 0.6 is 15.9 Å². The molecular formula is C12H12BrNO2. The maximum Gasteiger partial charge on any atom is 0.198 e. The number of ether oxygens (including phenoxy) is 1. The fourth-order valence-corrected chi connectivity index (χ4v) is 2.39. The van der Waals surface area contributed by atoms with Crippen molar-refractivity contribution in [2.45, 2.75) is 18.8 Å². The Kier molecular flexibility index (Phi) is 2.69. The monoisotopic (exact) mass is 281 g/mol. The molecule has 0 N–H and O–H groups in total. The number of aromatic nitrogens is 1. The van der Waals surface area contributed by atoms with E-state index in [1.54, 1.807) is 0 Å². The Hall–Kier alpha value is -0.870. The van der Waals surface area contributed by atoms with E-state index in [0.717, 1.165) is 47.5 Å². The lowest BCUT2D eigenvalue weighted by molar-refractivity contribution is 0.0798. The van der Waals surface area contributed by atoms with E-state index in [-0.39, 0.29) is 0 Å². The average molecular weight is 282 g/mol. The summed E-state index contributed by atoms with van der Waals surface area (Å²) in [5.41, 5.74) is 1.79. The van der Waals surface area contributed by atoms with Crippen molar-refractivity contribution in [3.05, 3.63) is 28.6 Å². The van der Waals surface area contributed by atoms with Gasteiger partial charge >= 0.3 is 0 Å². The lowest BCUT2D eigenvalue weighted by Gasteiger charge is -2.18. The molecule has 2 heterocycles. The molecule has 0 unspecified atom stereocenters. The largest absolute Gasteiger partial charge is 0.440 e. The van der Waals surface area contributed by atoms with Gasteiger partial charge in [-0.3, -0.25) is 0 Å². The van der Waals surface area contributed by atoms with E-state index in [0.29, 0.717) is 5.92 Å². The molecule has 0 radical (unpaired) electrons. The SMILES string of the molecule is Brc1ccc2oc(C3CCOCC3)nc2c1. The Labute approximate surface area is 102 Å². The van der Waals surface area contributed by atoms with Crippen LogP contribution in [0.1, 0.15) is 24.7 Å². The van der Waals surface area contributed by atoms with Crippen LogP contribution in [0, 0.1) is 0 Å². The van der Waals surface area contributed by atoms with Gasteiger partial charge in [0.15, 0.2) is 11.5 Å². The second-order valence-corrected chi connectivity index (χ2v) is 4.97. The zero-order valence-corrected chi connectivity index (χ0v) is 10.4. The molecule has 0 bridgehead atoms. The number of oxazole rings is 1.